The van der Waals surface area contributed by atoms with Crippen molar-refractivity contribution in [3.63, 3.8) is 0 Å². The number of ether oxygens (including phenoxy) is 4. The van der Waals surface area contributed by atoms with Crippen LogP contribution in [0.15, 0.2) is 48.6 Å². The lowest BCUT2D eigenvalue weighted by molar-refractivity contribution is -0.196. The first-order chi connectivity index (χ1) is 43.2. The van der Waals surface area contributed by atoms with E-state index in [0.29, 0.717) is 25.7 Å². The number of carbonyl (C=O) groups is 4. The van der Waals surface area contributed by atoms with E-state index in [4.69, 9.17) is 18.9 Å². The minimum atomic E-state index is -1.74. The molecule has 10 nitrogen and oxygen atoms in total. The third-order valence-electron chi connectivity index (χ3n) is 17.3. The molecule has 0 aliphatic heterocycles. The van der Waals surface area contributed by atoms with E-state index in [1.807, 2.05) is 0 Å². The molecular formula is C78H142O10. The standard InChI is InChI=1S/C78H142O10/c1-5-9-13-17-21-25-29-33-37-41-45-49-53-57-61-65-73(81)85-70-72(86-74(82)66-62-58-54-50-46-42-38-34-30-26-22-18-14-10-6-2)78(88-76(84)68-64-60-56-52-48-44-40-36-32-28-24-20-16-12-8-4)77(71(80)69-79)87-75(83)67-63-59-55-51-47-43-39-35-31-27-23-19-15-11-7-3/h61-68,71-72,77-80H,5-60,69-70H2,1-4H3/t71-,72+,77-,78-/m1/s1. The number of allylic oxidation sites excluding steroid dienone is 4. The number of unbranched alkanes of at least 4 members (excludes halogenated alkanes) is 52. The van der Waals surface area contributed by atoms with Gasteiger partial charge >= 0.3 is 23.9 Å². The molecule has 0 aliphatic rings. The van der Waals surface area contributed by atoms with Crippen molar-refractivity contribution in [2.75, 3.05) is 13.2 Å². The summed E-state index contributed by atoms with van der Waals surface area (Å²) in [6.07, 6.45) is 72.9. The van der Waals surface area contributed by atoms with Crippen LogP contribution in [0.25, 0.3) is 0 Å². The van der Waals surface area contributed by atoms with Gasteiger partial charge in [-0.2, -0.15) is 0 Å². The van der Waals surface area contributed by atoms with Gasteiger partial charge < -0.3 is 29.2 Å². The molecule has 0 saturated heterocycles. The van der Waals surface area contributed by atoms with Crippen LogP contribution in [-0.4, -0.2) is 71.7 Å². The molecule has 0 aromatic heterocycles. The first-order valence-corrected chi connectivity index (χ1v) is 38.0. The van der Waals surface area contributed by atoms with Crippen molar-refractivity contribution in [3.8, 4) is 0 Å². The van der Waals surface area contributed by atoms with E-state index in [-0.39, 0.29) is 0 Å². The summed E-state index contributed by atoms with van der Waals surface area (Å²) in [6, 6.07) is 0. The molecular weight excluding hydrogens is 1100 g/mol. The quantitative estimate of drug-likeness (QED) is 0.0261. The Morgan fingerprint density at radius 1 is 0.284 bits per heavy atom. The van der Waals surface area contributed by atoms with Crippen molar-refractivity contribution in [1.82, 2.24) is 0 Å². The normalized spacial score (nSPS) is 13.3. The molecule has 0 heterocycles. The Kier molecular flexibility index (Phi) is 67.1. The average Bonchev–Trinajstić information content (AvgIpc) is 3.65. The van der Waals surface area contributed by atoms with Crippen molar-refractivity contribution in [3.05, 3.63) is 48.6 Å². The SMILES string of the molecule is CCCCCCCCCCCCCCCC=CC(=O)OC[C@H](OC(=O)C=CCCCCCCCCCCCCCCC)[C@@H](OC(=O)C=CCCCCCCCCCCCCCCC)[C@H](OC(=O)C=CCCCCCCCCCCCCCCC)[C@H](O)CO. The maximum Gasteiger partial charge on any atom is 0.330 e. The summed E-state index contributed by atoms with van der Waals surface area (Å²) in [5.41, 5.74) is 0. The summed E-state index contributed by atoms with van der Waals surface area (Å²) in [5.74, 6) is -3.08. The number of carbonyl (C=O) groups excluding carboxylic acids is 4. The Labute approximate surface area is 543 Å². The summed E-state index contributed by atoms with van der Waals surface area (Å²) in [4.78, 5) is 54.3. The molecule has 0 aromatic carbocycles. The Hall–Kier alpha value is -3.24. The molecule has 0 spiro atoms. The zero-order valence-corrected chi connectivity index (χ0v) is 58.1. The van der Waals surface area contributed by atoms with Gasteiger partial charge in [0.1, 0.15) is 12.7 Å². The Balaban J connectivity index is 6.02. The lowest BCUT2D eigenvalue weighted by Gasteiger charge is -2.33. The minimum absolute atomic E-state index is 0.567. The van der Waals surface area contributed by atoms with E-state index in [9.17, 15) is 29.4 Å². The van der Waals surface area contributed by atoms with Gasteiger partial charge in [0.15, 0.2) is 18.3 Å². The van der Waals surface area contributed by atoms with E-state index >= 15 is 0 Å². The van der Waals surface area contributed by atoms with Gasteiger partial charge in [0.25, 0.3) is 0 Å². The van der Waals surface area contributed by atoms with Crippen LogP contribution in [0.4, 0.5) is 0 Å². The van der Waals surface area contributed by atoms with Gasteiger partial charge in [0, 0.05) is 24.3 Å². The zero-order valence-electron chi connectivity index (χ0n) is 58.1. The molecule has 0 bridgehead atoms. The van der Waals surface area contributed by atoms with Crippen LogP contribution >= 0.6 is 0 Å². The summed E-state index contributed by atoms with van der Waals surface area (Å²) >= 11 is 0. The zero-order chi connectivity index (χ0) is 64.1. The maximum atomic E-state index is 13.8. The minimum Gasteiger partial charge on any atom is -0.458 e. The molecule has 0 aliphatic carbocycles. The lowest BCUT2D eigenvalue weighted by Crippen LogP contribution is -2.53. The predicted molar refractivity (Wildman–Crippen MR) is 371 cm³/mol. The van der Waals surface area contributed by atoms with Crippen LogP contribution in [0, 0.1) is 0 Å². The van der Waals surface area contributed by atoms with Crippen molar-refractivity contribution in [2.45, 2.75) is 412 Å². The highest BCUT2D eigenvalue weighted by Crippen LogP contribution is 2.22. The number of hydrogen-bond acceptors (Lipinski definition) is 10. The van der Waals surface area contributed by atoms with E-state index in [0.717, 1.165) is 77.0 Å². The third-order valence-corrected chi connectivity index (χ3v) is 17.3. The third kappa shape index (κ3) is 60.3. The fourth-order valence-corrected chi connectivity index (χ4v) is 11.6. The summed E-state index contributed by atoms with van der Waals surface area (Å²) in [5, 5.41) is 21.7. The molecule has 0 fully saturated rings. The predicted octanol–water partition coefficient (Wildman–Crippen LogP) is 22.8. The molecule has 0 rings (SSSR count). The molecule has 0 saturated carbocycles. The lowest BCUT2D eigenvalue weighted by atomic mass is 10.0. The smallest absolute Gasteiger partial charge is 0.330 e. The topological polar surface area (TPSA) is 146 Å². The number of rotatable bonds is 69. The number of esters is 4. The van der Waals surface area contributed by atoms with Crippen molar-refractivity contribution < 1.29 is 48.3 Å². The van der Waals surface area contributed by atoms with Crippen LogP contribution in [-0.2, 0) is 38.1 Å². The van der Waals surface area contributed by atoms with Gasteiger partial charge in [-0.15, -0.1) is 0 Å². The summed E-state index contributed by atoms with van der Waals surface area (Å²) < 4.78 is 23.5. The van der Waals surface area contributed by atoms with Gasteiger partial charge in [-0.25, -0.2) is 19.2 Å². The number of aliphatic hydroxyl groups is 2. The van der Waals surface area contributed by atoms with Crippen LogP contribution in [0.5, 0.6) is 0 Å². The monoisotopic (exact) mass is 1240 g/mol. The van der Waals surface area contributed by atoms with Crippen LogP contribution in [0.3, 0.4) is 0 Å². The second-order valence-electron chi connectivity index (χ2n) is 25.9. The van der Waals surface area contributed by atoms with E-state index in [1.165, 1.54) is 281 Å². The van der Waals surface area contributed by atoms with Crippen LogP contribution in [0.2, 0.25) is 0 Å². The Bertz CT molecular complexity index is 1640. The molecule has 0 aromatic rings. The highest BCUT2D eigenvalue weighted by atomic mass is 16.6. The molecule has 514 valence electrons. The molecule has 4 atom stereocenters. The van der Waals surface area contributed by atoms with Gasteiger partial charge in [-0.1, -0.05) is 360 Å². The Morgan fingerprint density at radius 3 is 0.727 bits per heavy atom. The van der Waals surface area contributed by atoms with Crippen molar-refractivity contribution in [1.29, 1.82) is 0 Å². The molecule has 0 amide bonds. The van der Waals surface area contributed by atoms with E-state index < -0.39 is 61.5 Å². The molecule has 2 N–H and O–H groups in total. The largest absolute Gasteiger partial charge is 0.458 e. The van der Waals surface area contributed by atoms with Gasteiger partial charge in [0.05, 0.1) is 6.61 Å². The van der Waals surface area contributed by atoms with Gasteiger partial charge in [0.2, 0.25) is 0 Å². The highest BCUT2D eigenvalue weighted by Gasteiger charge is 2.42. The average molecular weight is 1240 g/mol. The highest BCUT2D eigenvalue weighted by molar-refractivity contribution is 5.84. The first-order valence-electron chi connectivity index (χ1n) is 38.0. The molecule has 88 heavy (non-hydrogen) atoms. The van der Waals surface area contributed by atoms with Gasteiger partial charge in [-0.05, 0) is 51.4 Å². The Morgan fingerprint density at radius 2 is 0.489 bits per heavy atom. The second kappa shape index (κ2) is 69.6. The molecule has 0 radical (unpaired) electrons. The fraction of sp³-hybridized carbons (Fsp3) is 0.846. The van der Waals surface area contributed by atoms with Crippen molar-refractivity contribution in [2.24, 2.45) is 0 Å². The van der Waals surface area contributed by atoms with E-state index in [1.54, 1.807) is 24.3 Å². The molecule has 10 heteroatoms. The van der Waals surface area contributed by atoms with Crippen LogP contribution in [0.1, 0.15) is 387 Å². The van der Waals surface area contributed by atoms with Crippen LogP contribution < -0.4 is 0 Å². The summed E-state index contributed by atoms with van der Waals surface area (Å²) in [7, 11) is 0. The van der Waals surface area contributed by atoms with Gasteiger partial charge in [-0.3, -0.25) is 0 Å². The van der Waals surface area contributed by atoms with E-state index in [2.05, 4.69) is 27.7 Å². The first kappa shape index (κ1) is 84.8. The fourth-order valence-electron chi connectivity index (χ4n) is 11.6. The maximum absolute atomic E-state index is 13.8. The number of aliphatic hydroxyl groups excluding tert-OH is 2. The number of hydrogen-bond donors (Lipinski definition) is 2. The van der Waals surface area contributed by atoms with Crippen molar-refractivity contribution >= 4 is 23.9 Å². The second-order valence-corrected chi connectivity index (χ2v) is 25.9. The summed E-state index contributed by atoms with van der Waals surface area (Å²) in [6.45, 7) is 7.60. The molecule has 0 unspecified atom stereocenters.